The summed E-state index contributed by atoms with van der Waals surface area (Å²) in [7, 11) is 1.37. The molecule has 1 amide bonds. The molecular weight excluding hydrogens is 480 g/mol. The van der Waals surface area contributed by atoms with Crippen LogP contribution in [-0.2, 0) is 22.7 Å². The van der Waals surface area contributed by atoms with Gasteiger partial charge >= 0.3 is 12.1 Å². The number of hydrogen-bond donors (Lipinski definition) is 0. The SMILES string of the molecule is C=C(c1ccc(OCc2cccc(C(=O)OC)c2)cc1C)N1CCC(N2C(=O)OCc3ccccc32)CC1. The van der Waals surface area contributed by atoms with Crippen molar-refractivity contribution in [1.29, 1.82) is 0 Å². The third-order valence-electron chi connectivity index (χ3n) is 7.27. The Morgan fingerprint density at radius 1 is 1.05 bits per heavy atom. The molecule has 3 aromatic rings. The van der Waals surface area contributed by atoms with Crippen molar-refractivity contribution in [1.82, 2.24) is 4.90 Å². The van der Waals surface area contributed by atoms with E-state index in [1.807, 2.05) is 59.5 Å². The van der Waals surface area contributed by atoms with Gasteiger partial charge in [-0.1, -0.05) is 36.9 Å². The van der Waals surface area contributed by atoms with Crippen molar-refractivity contribution in [3.63, 3.8) is 0 Å². The van der Waals surface area contributed by atoms with Gasteiger partial charge in [0.25, 0.3) is 0 Å². The second kappa shape index (κ2) is 11.0. The predicted molar refractivity (Wildman–Crippen MR) is 146 cm³/mol. The fraction of sp³-hybridized carbons (Fsp3) is 0.290. The molecule has 1 fully saturated rings. The summed E-state index contributed by atoms with van der Waals surface area (Å²) in [6.45, 7) is 8.74. The molecule has 3 aromatic carbocycles. The minimum atomic E-state index is -0.365. The average molecular weight is 513 g/mol. The minimum absolute atomic E-state index is 0.0996. The largest absolute Gasteiger partial charge is 0.489 e. The van der Waals surface area contributed by atoms with Crippen LogP contribution in [0.2, 0.25) is 0 Å². The average Bonchev–Trinajstić information content (AvgIpc) is 2.95. The molecule has 0 unspecified atom stereocenters. The third kappa shape index (κ3) is 5.23. The number of amides is 1. The number of aryl methyl sites for hydroxylation is 1. The first-order valence-electron chi connectivity index (χ1n) is 12.8. The summed E-state index contributed by atoms with van der Waals surface area (Å²) >= 11 is 0. The molecule has 0 saturated carbocycles. The lowest BCUT2D eigenvalue weighted by molar-refractivity contribution is 0.0600. The van der Waals surface area contributed by atoms with Gasteiger partial charge in [-0.3, -0.25) is 4.90 Å². The molecule has 2 heterocycles. The number of esters is 1. The number of nitrogens with zero attached hydrogens (tertiary/aromatic N) is 2. The number of anilines is 1. The van der Waals surface area contributed by atoms with Gasteiger partial charge in [0.15, 0.2) is 0 Å². The molecule has 0 atom stereocenters. The number of piperidine rings is 1. The normalized spacial score (nSPS) is 15.5. The second-order valence-electron chi connectivity index (χ2n) is 9.68. The van der Waals surface area contributed by atoms with Crippen LogP contribution in [0.4, 0.5) is 10.5 Å². The van der Waals surface area contributed by atoms with Crippen molar-refractivity contribution >= 4 is 23.4 Å². The van der Waals surface area contributed by atoms with Gasteiger partial charge in [0.2, 0.25) is 0 Å². The lowest BCUT2D eigenvalue weighted by Gasteiger charge is -2.41. The Morgan fingerprint density at radius 2 is 1.84 bits per heavy atom. The predicted octanol–water partition coefficient (Wildman–Crippen LogP) is 5.95. The highest BCUT2D eigenvalue weighted by molar-refractivity contribution is 5.91. The molecule has 0 aliphatic carbocycles. The highest BCUT2D eigenvalue weighted by Crippen LogP contribution is 2.34. The van der Waals surface area contributed by atoms with Gasteiger partial charge in [-0.05, 0) is 67.3 Å². The number of para-hydroxylation sites is 1. The van der Waals surface area contributed by atoms with Gasteiger partial charge in [0, 0.05) is 36.0 Å². The van der Waals surface area contributed by atoms with Gasteiger partial charge in [0.1, 0.15) is 19.0 Å². The molecule has 7 nitrogen and oxygen atoms in total. The van der Waals surface area contributed by atoms with E-state index in [1.54, 1.807) is 12.1 Å². The fourth-order valence-electron chi connectivity index (χ4n) is 5.21. The van der Waals surface area contributed by atoms with Gasteiger partial charge in [-0.15, -0.1) is 0 Å². The van der Waals surface area contributed by atoms with Crippen molar-refractivity contribution in [2.24, 2.45) is 0 Å². The van der Waals surface area contributed by atoms with E-state index >= 15 is 0 Å². The van der Waals surface area contributed by atoms with E-state index in [0.29, 0.717) is 18.8 Å². The summed E-state index contributed by atoms with van der Waals surface area (Å²) in [5.74, 6) is 0.388. The molecule has 196 valence electrons. The first-order valence-corrected chi connectivity index (χ1v) is 12.8. The van der Waals surface area contributed by atoms with Crippen LogP contribution >= 0.6 is 0 Å². The summed E-state index contributed by atoms with van der Waals surface area (Å²) in [5, 5.41) is 0. The quantitative estimate of drug-likeness (QED) is 0.364. The lowest BCUT2D eigenvalue weighted by atomic mass is 9.98. The van der Waals surface area contributed by atoms with Gasteiger partial charge in [-0.25, -0.2) is 9.59 Å². The molecule has 2 aliphatic heterocycles. The van der Waals surface area contributed by atoms with E-state index in [1.165, 1.54) is 7.11 Å². The zero-order valence-corrected chi connectivity index (χ0v) is 21.8. The minimum Gasteiger partial charge on any atom is -0.489 e. The maximum Gasteiger partial charge on any atom is 0.414 e. The fourth-order valence-corrected chi connectivity index (χ4v) is 5.21. The van der Waals surface area contributed by atoms with E-state index in [0.717, 1.165) is 65.3 Å². The summed E-state index contributed by atoms with van der Waals surface area (Å²) in [4.78, 5) is 28.5. The highest BCUT2D eigenvalue weighted by Gasteiger charge is 2.34. The van der Waals surface area contributed by atoms with Crippen LogP contribution in [0.25, 0.3) is 5.70 Å². The van der Waals surface area contributed by atoms with Crippen molar-refractivity contribution in [2.45, 2.75) is 39.0 Å². The lowest BCUT2D eigenvalue weighted by Crippen LogP contribution is -2.49. The molecule has 38 heavy (non-hydrogen) atoms. The van der Waals surface area contributed by atoms with Crippen molar-refractivity contribution < 1.29 is 23.8 Å². The Bertz CT molecular complexity index is 1360. The van der Waals surface area contributed by atoms with Crippen LogP contribution in [0.3, 0.4) is 0 Å². The van der Waals surface area contributed by atoms with Crippen molar-refractivity contribution in [2.75, 3.05) is 25.1 Å². The van der Waals surface area contributed by atoms with E-state index in [-0.39, 0.29) is 18.1 Å². The van der Waals surface area contributed by atoms with Crippen molar-refractivity contribution in [3.05, 3.63) is 101 Å². The molecule has 0 spiro atoms. The number of cyclic esters (lactones) is 1. The molecule has 1 saturated heterocycles. The zero-order valence-electron chi connectivity index (χ0n) is 21.8. The molecular formula is C31H32N2O5. The molecule has 0 N–H and O–H groups in total. The number of carbonyl (C=O) groups excluding carboxylic acids is 2. The molecule has 0 aromatic heterocycles. The number of carbonyl (C=O) groups is 2. The smallest absolute Gasteiger partial charge is 0.414 e. The van der Waals surface area contributed by atoms with Gasteiger partial charge in [-0.2, -0.15) is 0 Å². The summed E-state index contributed by atoms with van der Waals surface area (Å²) in [6, 6.07) is 21.3. The van der Waals surface area contributed by atoms with Crippen LogP contribution < -0.4 is 9.64 Å². The Hall–Kier alpha value is -4.26. The van der Waals surface area contributed by atoms with Gasteiger partial charge in [0.05, 0.1) is 18.4 Å². The molecule has 2 aliphatic rings. The zero-order chi connectivity index (χ0) is 26.6. The number of likely N-dealkylation sites (tertiary alicyclic amines) is 1. The highest BCUT2D eigenvalue weighted by atomic mass is 16.6. The Morgan fingerprint density at radius 3 is 2.61 bits per heavy atom. The summed E-state index contributed by atoms with van der Waals surface area (Å²) in [6.07, 6.45) is 1.42. The molecule has 7 heteroatoms. The maximum atomic E-state index is 12.6. The number of rotatable bonds is 7. The number of benzene rings is 3. The first-order chi connectivity index (χ1) is 18.4. The number of methoxy groups -OCH3 is 1. The van der Waals surface area contributed by atoms with Crippen LogP contribution in [0, 0.1) is 6.92 Å². The Labute approximate surface area is 223 Å². The maximum absolute atomic E-state index is 12.6. The third-order valence-corrected chi connectivity index (χ3v) is 7.27. The number of hydrogen-bond acceptors (Lipinski definition) is 6. The van der Waals surface area contributed by atoms with Crippen LogP contribution in [0.15, 0.2) is 73.3 Å². The number of fused-ring (bicyclic) bond motifs is 1. The number of ether oxygens (including phenoxy) is 3. The van der Waals surface area contributed by atoms with Gasteiger partial charge < -0.3 is 19.1 Å². The second-order valence-corrected chi connectivity index (χ2v) is 9.68. The monoisotopic (exact) mass is 512 g/mol. The van der Waals surface area contributed by atoms with E-state index in [4.69, 9.17) is 14.2 Å². The first kappa shape index (κ1) is 25.4. The standard InChI is InChI=1S/C31H32N2O5/c1-21-17-27(37-19-23-7-6-9-24(18-23)30(34)36-3)11-12-28(21)22(2)32-15-13-26(14-16-32)33-29-10-5-4-8-25(29)20-38-31(33)35/h4-12,17-18,26H,2,13-16,19-20H2,1,3H3. The van der Waals surface area contributed by atoms with Crippen LogP contribution in [0.5, 0.6) is 5.75 Å². The van der Waals surface area contributed by atoms with E-state index < -0.39 is 0 Å². The molecule has 0 radical (unpaired) electrons. The topological polar surface area (TPSA) is 68.3 Å². The van der Waals surface area contributed by atoms with Crippen LogP contribution in [-0.4, -0.2) is 43.2 Å². The summed E-state index contributed by atoms with van der Waals surface area (Å²) in [5.41, 5.74) is 6.53. The van der Waals surface area contributed by atoms with E-state index in [2.05, 4.69) is 18.4 Å². The van der Waals surface area contributed by atoms with Crippen molar-refractivity contribution in [3.8, 4) is 5.75 Å². The Balaban J connectivity index is 1.20. The molecule has 0 bridgehead atoms. The Kier molecular flexibility index (Phi) is 7.36. The summed E-state index contributed by atoms with van der Waals surface area (Å²) < 4.78 is 16.2. The molecule has 5 rings (SSSR count). The van der Waals surface area contributed by atoms with Crippen LogP contribution in [0.1, 0.15) is 45.5 Å². The van der Waals surface area contributed by atoms with E-state index in [9.17, 15) is 9.59 Å².